The Labute approximate surface area is 104 Å². The second kappa shape index (κ2) is 4.41. The summed E-state index contributed by atoms with van der Waals surface area (Å²) in [7, 11) is 0. The molecule has 4 nitrogen and oxygen atoms in total. The minimum atomic E-state index is 0.668. The summed E-state index contributed by atoms with van der Waals surface area (Å²) < 4.78 is 5.22. The number of hydrogen-bond acceptors (Lipinski definition) is 4. The van der Waals surface area contributed by atoms with Gasteiger partial charge in [0.25, 0.3) is 0 Å². The van der Waals surface area contributed by atoms with Crippen molar-refractivity contribution < 1.29 is 4.52 Å². The molecule has 3 aromatic rings. The molecular weight excluding hydrogens is 226 g/mol. The topological polar surface area (TPSA) is 64.1 Å². The molecule has 0 radical (unpaired) electrons. The minimum absolute atomic E-state index is 0.668. The van der Waals surface area contributed by atoms with E-state index in [1.54, 1.807) is 0 Å². The SMILES string of the molecule is Nc1cccc(CNc2noc3ccccc23)c1. The Morgan fingerprint density at radius 2 is 2.00 bits per heavy atom. The van der Waals surface area contributed by atoms with Crippen molar-refractivity contribution in [3.05, 3.63) is 54.1 Å². The van der Waals surface area contributed by atoms with E-state index in [9.17, 15) is 0 Å². The van der Waals surface area contributed by atoms with E-state index in [1.807, 2.05) is 48.5 Å². The first-order valence-corrected chi connectivity index (χ1v) is 5.75. The Balaban J connectivity index is 1.81. The van der Waals surface area contributed by atoms with Crippen LogP contribution in [0.15, 0.2) is 53.1 Å². The Morgan fingerprint density at radius 3 is 2.89 bits per heavy atom. The summed E-state index contributed by atoms with van der Waals surface area (Å²) in [5, 5.41) is 8.25. The fourth-order valence-electron chi connectivity index (χ4n) is 1.90. The van der Waals surface area contributed by atoms with Crippen LogP contribution in [0.5, 0.6) is 0 Å². The van der Waals surface area contributed by atoms with Gasteiger partial charge in [-0.05, 0) is 29.8 Å². The third-order valence-corrected chi connectivity index (χ3v) is 2.79. The summed E-state index contributed by atoms with van der Waals surface area (Å²) >= 11 is 0. The number of nitrogens with one attached hydrogen (secondary N) is 1. The number of nitrogen functional groups attached to an aromatic ring is 1. The highest BCUT2D eigenvalue weighted by atomic mass is 16.5. The molecule has 0 fully saturated rings. The lowest BCUT2D eigenvalue weighted by Crippen LogP contribution is -2.00. The molecule has 0 unspecified atom stereocenters. The Kier molecular flexibility index (Phi) is 2.61. The van der Waals surface area contributed by atoms with Crippen LogP contribution in [0.3, 0.4) is 0 Å². The number of aromatic nitrogens is 1. The van der Waals surface area contributed by atoms with E-state index in [0.29, 0.717) is 6.54 Å². The van der Waals surface area contributed by atoms with E-state index in [2.05, 4.69) is 10.5 Å². The van der Waals surface area contributed by atoms with Crippen molar-refractivity contribution >= 4 is 22.5 Å². The minimum Gasteiger partial charge on any atom is -0.399 e. The first-order valence-electron chi connectivity index (χ1n) is 5.75. The van der Waals surface area contributed by atoms with Crippen LogP contribution in [-0.4, -0.2) is 5.16 Å². The molecule has 0 bridgehead atoms. The maximum Gasteiger partial charge on any atom is 0.177 e. The summed E-state index contributed by atoms with van der Waals surface area (Å²) in [4.78, 5) is 0. The van der Waals surface area contributed by atoms with Gasteiger partial charge >= 0.3 is 0 Å². The van der Waals surface area contributed by atoms with Crippen molar-refractivity contribution in [1.29, 1.82) is 0 Å². The molecule has 0 atom stereocenters. The lowest BCUT2D eigenvalue weighted by Gasteiger charge is -2.03. The molecule has 2 aromatic carbocycles. The standard InChI is InChI=1S/C14H13N3O/c15-11-5-3-4-10(8-11)9-16-14-12-6-1-2-7-13(12)18-17-14/h1-8H,9,15H2,(H,16,17). The van der Waals surface area contributed by atoms with E-state index < -0.39 is 0 Å². The van der Waals surface area contributed by atoms with Crippen LogP contribution >= 0.6 is 0 Å². The molecule has 90 valence electrons. The summed E-state index contributed by atoms with van der Waals surface area (Å²) in [6, 6.07) is 15.5. The van der Waals surface area contributed by atoms with Gasteiger partial charge in [-0.2, -0.15) is 0 Å². The highest BCUT2D eigenvalue weighted by Gasteiger charge is 2.06. The highest BCUT2D eigenvalue weighted by Crippen LogP contribution is 2.22. The third kappa shape index (κ3) is 2.00. The second-order valence-electron chi connectivity index (χ2n) is 4.13. The van der Waals surface area contributed by atoms with Gasteiger partial charge in [-0.15, -0.1) is 0 Å². The molecule has 3 N–H and O–H groups in total. The number of para-hydroxylation sites is 1. The predicted molar refractivity (Wildman–Crippen MR) is 72.2 cm³/mol. The van der Waals surface area contributed by atoms with Gasteiger partial charge in [0.2, 0.25) is 0 Å². The molecule has 3 rings (SSSR count). The number of benzene rings is 2. The van der Waals surface area contributed by atoms with Crippen LogP contribution in [0.4, 0.5) is 11.5 Å². The molecule has 18 heavy (non-hydrogen) atoms. The number of anilines is 2. The van der Waals surface area contributed by atoms with E-state index in [4.69, 9.17) is 10.3 Å². The number of nitrogens with zero attached hydrogens (tertiary/aromatic N) is 1. The fraction of sp³-hybridized carbons (Fsp3) is 0.0714. The average molecular weight is 239 g/mol. The zero-order valence-corrected chi connectivity index (χ0v) is 9.76. The van der Waals surface area contributed by atoms with Crippen molar-refractivity contribution in [2.24, 2.45) is 0 Å². The van der Waals surface area contributed by atoms with E-state index in [0.717, 1.165) is 28.0 Å². The molecule has 0 saturated heterocycles. The average Bonchev–Trinajstić information content (AvgIpc) is 2.80. The van der Waals surface area contributed by atoms with Crippen molar-refractivity contribution in [3.63, 3.8) is 0 Å². The smallest absolute Gasteiger partial charge is 0.177 e. The van der Waals surface area contributed by atoms with Gasteiger partial charge in [0, 0.05) is 12.2 Å². The molecule has 1 aromatic heterocycles. The number of hydrogen-bond donors (Lipinski definition) is 2. The molecule has 0 saturated carbocycles. The number of rotatable bonds is 3. The van der Waals surface area contributed by atoms with Crippen LogP contribution in [-0.2, 0) is 6.54 Å². The van der Waals surface area contributed by atoms with Gasteiger partial charge in [-0.1, -0.05) is 29.4 Å². The molecule has 4 heteroatoms. The third-order valence-electron chi connectivity index (χ3n) is 2.79. The Bertz CT molecular complexity index is 675. The molecule has 0 aliphatic carbocycles. The molecule has 1 heterocycles. The lowest BCUT2D eigenvalue weighted by atomic mass is 10.2. The monoisotopic (exact) mass is 239 g/mol. The Morgan fingerprint density at radius 1 is 1.11 bits per heavy atom. The normalized spacial score (nSPS) is 10.7. The van der Waals surface area contributed by atoms with Gasteiger partial charge in [0.05, 0.1) is 5.39 Å². The quantitative estimate of drug-likeness (QED) is 0.689. The summed E-state index contributed by atoms with van der Waals surface area (Å²) in [5.74, 6) is 0.757. The van der Waals surface area contributed by atoms with Crippen molar-refractivity contribution in [1.82, 2.24) is 5.16 Å². The van der Waals surface area contributed by atoms with Crippen molar-refractivity contribution in [2.75, 3.05) is 11.1 Å². The first-order chi connectivity index (χ1) is 8.83. The summed E-state index contributed by atoms with van der Waals surface area (Å²) in [5.41, 5.74) is 8.40. The fourth-order valence-corrected chi connectivity index (χ4v) is 1.90. The predicted octanol–water partition coefficient (Wildman–Crippen LogP) is 3.02. The Hall–Kier alpha value is -2.49. The van der Waals surface area contributed by atoms with Crippen LogP contribution in [0, 0.1) is 0 Å². The van der Waals surface area contributed by atoms with Crippen molar-refractivity contribution in [3.8, 4) is 0 Å². The van der Waals surface area contributed by atoms with E-state index in [1.165, 1.54) is 0 Å². The van der Waals surface area contributed by atoms with Crippen LogP contribution in [0.25, 0.3) is 11.0 Å². The van der Waals surface area contributed by atoms with Gasteiger partial charge < -0.3 is 15.6 Å². The number of nitrogens with two attached hydrogens (primary N) is 1. The maximum absolute atomic E-state index is 5.74. The first kappa shape index (κ1) is 10.7. The lowest BCUT2D eigenvalue weighted by molar-refractivity contribution is 0.459. The van der Waals surface area contributed by atoms with Gasteiger partial charge in [-0.3, -0.25) is 0 Å². The molecule has 0 amide bonds. The van der Waals surface area contributed by atoms with E-state index >= 15 is 0 Å². The molecule has 0 spiro atoms. The summed E-state index contributed by atoms with van der Waals surface area (Å²) in [6.07, 6.45) is 0. The van der Waals surface area contributed by atoms with E-state index in [-0.39, 0.29) is 0 Å². The number of fused-ring (bicyclic) bond motifs is 1. The van der Waals surface area contributed by atoms with Crippen LogP contribution in [0.1, 0.15) is 5.56 Å². The van der Waals surface area contributed by atoms with Crippen molar-refractivity contribution in [2.45, 2.75) is 6.54 Å². The largest absolute Gasteiger partial charge is 0.399 e. The van der Waals surface area contributed by atoms with Gasteiger partial charge in [0.1, 0.15) is 0 Å². The van der Waals surface area contributed by atoms with Crippen LogP contribution < -0.4 is 11.1 Å². The summed E-state index contributed by atoms with van der Waals surface area (Å²) in [6.45, 7) is 0.668. The second-order valence-corrected chi connectivity index (χ2v) is 4.13. The van der Waals surface area contributed by atoms with Gasteiger partial charge in [-0.25, -0.2) is 0 Å². The zero-order valence-electron chi connectivity index (χ0n) is 9.76. The van der Waals surface area contributed by atoms with Gasteiger partial charge in [0.15, 0.2) is 11.4 Å². The maximum atomic E-state index is 5.74. The highest BCUT2D eigenvalue weighted by molar-refractivity contribution is 5.87. The molecule has 0 aliphatic rings. The van der Waals surface area contributed by atoms with Crippen LogP contribution in [0.2, 0.25) is 0 Å². The zero-order chi connectivity index (χ0) is 12.4. The molecular formula is C14H13N3O. The molecule has 0 aliphatic heterocycles.